The van der Waals surface area contributed by atoms with Crippen molar-refractivity contribution in [2.75, 3.05) is 6.54 Å². The van der Waals surface area contributed by atoms with Crippen molar-refractivity contribution in [3.8, 4) is 0 Å². The van der Waals surface area contributed by atoms with Crippen molar-refractivity contribution in [3.05, 3.63) is 60.2 Å². The van der Waals surface area contributed by atoms with E-state index in [1.165, 1.54) is 19.3 Å². The molecule has 160 valence electrons. The van der Waals surface area contributed by atoms with Gasteiger partial charge in [0.1, 0.15) is 0 Å². The van der Waals surface area contributed by atoms with Gasteiger partial charge < -0.3 is 10.6 Å². The lowest BCUT2D eigenvalue weighted by Crippen LogP contribution is -2.48. The van der Waals surface area contributed by atoms with E-state index in [1.54, 1.807) is 24.8 Å². The van der Waals surface area contributed by atoms with E-state index in [0.29, 0.717) is 38.1 Å². The first kappa shape index (κ1) is 21.9. The molecule has 0 aliphatic heterocycles. The molecule has 2 heterocycles. The van der Waals surface area contributed by atoms with Crippen LogP contribution in [0.15, 0.2) is 49.1 Å². The average Bonchev–Trinajstić information content (AvgIpc) is 2.81. The summed E-state index contributed by atoms with van der Waals surface area (Å²) in [4.78, 5) is 33.1. The molecule has 0 spiro atoms. The van der Waals surface area contributed by atoms with Crippen LogP contribution in [0.5, 0.6) is 0 Å². The standard InChI is InChI=1S/C24H32N4O2/c29-23(12-10-19-6-4-14-25-16-19)27-18-22(21-8-2-1-3-9-21)28-24(30)13-11-20-7-5-15-26-17-20/h4-7,14-17,21-22H,1-3,8-13,18H2,(H,27,29)(H,28,30). The minimum absolute atomic E-state index is 0.00552. The van der Waals surface area contributed by atoms with Gasteiger partial charge in [-0.25, -0.2) is 0 Å². The number of rotatable bonds is 10. The summed E-state index contributed by atoms with van der Waals surface area (Å²) in [6.07, 6.45) is 15.1. The lowest BCUT2D eigenvalue weighted by molar-refractivity contribution is -0.124. The number of pyridine rings is 2. The molecule has 0 aromatic carbocycles. The number of carbonyl (C=O) groups is 2. The third-order valence-corrected chi connectivity index (χ3v) is 5.81. The van der Waals surface area contributed by atoms with Gasteiger partial charge in [0, 0.05) is 50.2 Å². The molecule has 1 fully saturated rings. The second kappa shape index (κ2) is 12.1. The van der Waals surface area contributed by atoms with Gasteiger partial charge in [-0.05, 0) is 54.9 Å². The smallest absolute Gasteiger partial charge is 0.220 e. The highest BCUT2D eigenvalue weighted by Gasteiger charge is 2.25. The zero-order chi connectivity index (χ0) is 21.0. The van der Waals surface area contributed by atoms with Crippen LogP contribution in [0.2, 0.25) is 0 Å². The van der Waals surface area contributed by atoms with E-state index in [9.17, 15) is 9.59 Å². The predicted molar refractivity (Wildman–Crippen MR) is 117 cm³/mol. The second-order valence-corrected chi connectivity index (χ2v) is 8.10. The third-order valence-electron chi connectivity index (χ3n) is 5.81. The first-order valence-electron chi connectivity index (χ1n) is 11.0. The topological polar surface area (TPSA) is 84.0 Å². The average molecular weight is 409 g/mol. The molecule has 2 aromatic heterocycles. The van der Waals surface area contributed by atoms with Crippen LogP contribution in [0.4, 0.5) is 0 Å². The van der Waals surface area contributed by atoms with Crippen LogP contribution in [0.1, 0.15) is 56.1 Å². The minimum Gasteiger partial charge on any atom is -0.354 e. The summed E-state index contributed by atoms with van der Waals surface area (Å²) >= 11 is 0. The summed E-state index contributed by atoms with van der Waals surface area (Å²) in [7, 11) is 0. The first-order chi connectivity index (χ1) is 14.7. The van der Waals surface area contributed by atoms with Gasteiger partial charge in [0.05, 0.1) is 0 Å². The van der Waals surface area contributed by atoms with Crippen molar-refractivity contribution in [1.82, 2.24) is 20.6 Å². The number of hydrogen-bond acceptors (Lipinski definition) is 4. The molecular formula is C24H32N4O2. The van der Waals surface area contributed by atoms with Crippen molar-refractivity contribution in [2.24, 2.45) is 5.92 Å². The van der Waals surface area contributed by atoms with E-state index in [-0.39, 0.29) is 17.9 Å². The monoisotopic (exact) mass is 408 g/mol. The molecule has 6 heteroatoms. The summed E-state index contributed by atoms with van der Waals surface area (Å²) in [5.74, 6) is 0.489. The molecule has 0 radical (unpaired) electrons. The van der Waals surface area contributed by atoms with Gasteiger partial charge in [0.25, 0.3) is 0 Å². The Morgan fingerprint density at radius 2 is 1.50 bits per heavy atom. The summed E-state index contributed by atoms with van der Waals surface area (Å²) in [5, 5.41) is 6.25. The quantitative estimate of drug-likeness (QED) is 0.632. The van der Waals surface area contributed by atoms with Crippen LogP contribution >= 0.6 is 0 Å². The Labute approximate surface area is 178 Å². The molecule has 30 heavy (non-hydrogen) atoms. The Bertz CT molecular complexity index is 776. The maximum absolute atomic E-state index is 12.6. The molecule has 0 bridgehead atoms. The zero-order valence-electron chi connectivity index (χ0n) is 17.6. The van der Waals surface area contributed by atoms with Gasteiger partial charge in [-0.15, -0.1) is 0 Å². The van der Waals surface area contributed by atoms with Crippen LogP contribution in [0, 0.1) is 5.92 Å². The largest absolute Gasteiger partial charge is 0.354 e. The van der Waals surface area contributed by atoms with E-state index in [1.807, 2.05) is 24.3 Å². The van der Waals surface area contributed by atoms with Crippen molar-refractivity contribution in [3.63, 3.8) is 0 Å². The summed E-state index contributed by atoms with van der Waals surface area (Å²) in [5.41, 5.74) is 2.12. The molecule has 2 N–H and O–H groups in total. The van der Waals surface area contributed by atoms with Crippen molar-refractivity contribution in [2.45, 2.75) is 63.8 Å². The molecule has 0 saturated heterocycles. The van der Waals surface area contributed by atoms with Crippen molar-refractivity contribution in [1.29, 1.82) is 0 Å². The summed E-state index contributed by atoms with van der Waals surface area (Å²) in [6, 6.07) is 7.73. The van der Waals surface area contributed by atoms with E-state index < -0.39 is 0 Å². The minimum atomic E-state index is -0.00552. The van der Waals surface area contributed by atoms with Crippen molar-refractivity contribution >= 4 is 11.8 Å². The molecule has 1 atom stereocenters. The molecule has 1 aliphatic carbocycles. The van der Waals surface area contributed by atoms with Crippen LogP contribution < -0.4 is 10.6 Å². The van der Waals surface area contributed by atoms with E-state index in [2.05, 4.69) is 20.6 Å². The molecule has 1 aliphatic rings. The highest BCUT2D eigenvalue weighted by Crippen LogP contribution is 2.26. The van der Waals surface area contributed by atoms with Crippen LogP contribution in [-0.4, -0.2) is 34.4 Å². The van der Waals surface area contributed by atoms with Gasteiger partial charge in [-0.2, -0.15) is 0 Å². The number of nitrogens with one attached hydrogen (secondary N) is 2. The maximum Gasteiger partial charge on any atom is 0.220 e. The lowest BCUT2D eigenvalue weighted by Gasteiger charge is -2.31. The Kier molecular flexibility index (Phi) is 8.81. The zero-order valence-corrected chi connectivity index (χ0v) is 17.6. The fourth-order valence-corrected chi connectivity index (χ4v) is 4.07. The molecule has 3 rings (SSSR count). The number of nitrogens with zero attached hydrogens (tertiary/aromatic N) is 2. The fraction of sp³-hybridized carbons (Fsp3) is 0.500. The first-order valence-corrected chi connectivity index (χ1v) is 11.0. The molecule has 2 aromatic rings. The summed E-state index contributed by atoms with van der Waals surface area (Å²) in [6.45, 7) is 0.495. The van der Waals surface area contributed by atoms with E-state index >= 15 is 0 Å². The fourth-order valence-electron chi connectivity index (χ4n) is 4.07. The Balaban J connectivity index is 1.47. The van der Waals surface area contributed by atoms with Crippen LogP contribution in [-0.2, 0) is 22.4 Å². The predicted octanol–water partition coefficient (Wildman–Crippen LogP) is 3.22. The van der Waals surface area contributed by atoms with Gasteiger partial charge in [0.2, 0.25) is 11.8 Å². The SMILES string of the molecule is O=C(CCc1cccnc1)NCC(NC(=O)CCc1cccnc1)C1CCCCC1. The van der Waals surface area contributed by atoms with Crippen LogP contribution in [0.3, 0.4) is 0 Å². The molecule has 1 saturated carbocycles. The molecule has 1 unspecified atom stereocenters. The normalized spacial score (nSPS) is 15.3. The Morgan fingerprint density at radius 3 is 2.07 bits per heavy atom. The number of hydrogen-bond donors (Lipinski definition) is 2. The van der Waals surface area contributed by atoms with Crippen LogP contribution in [0.25, 0.3) is 0 Å². The highest BCUT2D eigenvalue weighted by molar-refractivity contribution is 5.77. The van der Waals surface area contributed by atoms with E-state index in [0.717, 1.165) is 24.0 Å². The van der Waals surface area contributed by atoms with Gasteiger partial charge in [-0.1, -0.05) is 31.4 Å². The van der Waals surface area contributed by atoms with E-state index in [4.69, 9.17) is 0 Å². The maximum atomic E-state index is 12.6. The number of amides is 2. The lowest BCUT2D eigenvalue weighted by atomic mass is 9.83. The number of aryl methyl sites for hydroxylation is 2. The summed E-state index contributed by atoms with van der Waals surface area (Å²) < 4.78 is 0. The number of aromatic nitrogens is 2. The molecule has 2 amide bonds. The third kappa shape index (κ3) is 7.58. The van der Waals surface area contributed by atoms with Crippen molar-refractivity contribution < 1.29 is 9.59 Å². The van der Waals surface area contributed by atoms with Gasteiger partial charge in [0.15, 0.2) is 0 Å². The highest BCUT2D eigenvalue weighted by atomic mass is 16.2. The number of carbonyl (C=O) groups excluding carboxylic acids is 2. The Hall–Kier alpha value is -2.76. The molecular weight excluding hydrogens is 376 g/mol. The van der Waals surface area contributed by atoms with Gasteiger partial charge in [-0.3, -0.25) is 19.6 Å². The molecule has 6 nitrogen and oxygen atoms in total. The Morgan fingerprint density at radius 1 is 0.900 bits per heavy atom. The van der Waals surface area contributed by atoms with Gasteiger partial charge >= 0.3 is 0 Å². The second-order valence-electron chi connectivity index (χ2n) is 8.10.